The van der Waals surface area contributed by atoms with E-state index in [9.17, 15) is 24.6 Å². The average molecular weight is 839 g/mol. The van der Waals surface area contributed by atoms with Gasteiger partial charge in [-0.1, -0.05) is 44.2 Å². The van der Waals surface area contributed by atoms with Crippen molar-refractivity contribution in [3.63, 3.8) is 0 Å². The number of esters is 3. The van der Waals surface area contributed by atoms with Gasteiger partial charge >= 0.3 is 17.9 Å². The largest absolute Gasteiger partial charge is 0.496 e. The Morgan fingerprint density at radius 2 is 1.74 bits per heavy atom. The Kier molecular flexibility index (Phi) is 10.0. The summed E-state index contributed by atoms with van der Waals surface area (Å²) < 4.78 is 23.6. The number of fused-ring (bicyclic) bond motifs is 6. The van der Waals surface area contributed by atoms with Crippen LogP contribution in [0.1, 0.15) is 75.3 Å². The third-order valence-electron chi connectivity index (χ3n) is 15.8. The second kappa shape index (κ2) is 14.7. The topological polar surface area (TPSA) is 171 Å². The molecule has 2 saturated heterocycles. The van der Waals surface area contributed by atoms with Crippen LogP contribution in [-0.4, -0.2) is 133 Å². The lowest BCUT2D eigenvalue weighted by Gasteiger charge is -2.63. The van der Waals surface area contributed by atoms with Gasteiger partial charge in [0.25, 0.3) is 0 Å². The van der Waals surface area contributed by atoms with Gasteiger partial charge in [-0.15, -0.1) is 0 Å². The first-order valence-electron chi connectivity index (χ1n) is 21.7. The molecule has 1 aliphatic carbocycles. The molecular formula is C47H58N4O10. The SMILES string of the molecule is CC[C@]1(O)C[C@@H]2CN(CCc3c([nH]c4ccccc34)C[C@@](C(=O)OC)(c3cc4c(cc3OC)N(C=O)[C@H]3[C@@](O)(C(=O)OC)[C@H](OC(C)=O)[C@]5(CC)C=CCN6CC[C@]43[C@@H]65)C2)C1. The summed E-state index contributed by atoms with van der Waals surface area (Å²) in [6.45, 7) is 8.27. The van der Waals surface area contributed by atoms with Crippen LogP contribution >= 0.6 is 0 Å². The molecule has 61 heavy (non-hydrogen) atoms. The highest BCUT2D eigenvalue weighted by Crippen LogP contribution is 2.68. The fraction of sp³-hybridized carbons (Fsp3) is 0.574. The molecule has 6 heterocycles. The zero-order valence-corrected chi connectivity index (χ0v) is 36.0. The molecule has 1 spiro atoms. The molecule has 5 aliphatic heterocycles. The van der Waals surface area contributed by atoms with Crippen molar-refractivity contribution in [3.05, 3.63) is 70.9 Å². The van der Waals surface area contributed by atoms with Crippen LogP contribution in [0.5, 0.6) is 5.75 Å². The highest BCUT2D eigenvalue weighted by molar-refractivity contribution is 5.94. The second-order valence-corrected chi connectivity index (χ2v) is 18.6. The maximum atomic E-state index is 15.2. The van der Waals surface area contributed by atoms with Crippen molar-refractivity contribution >= 4 is 40.9 Å². The summed E-state index contributed by atoms with van der Waals surface area (Å²) in [4.78, 5) is 66.0. The Morgan fingerprint density at radius 3 is 2.43 bits per heavy atom. The third-order valence-corrected chi connectivity index (χ3v) is 15.8. The van der Waals surface area contributed by atoms with E-state index < -0.39 is 63.5 Å². The van der Waals surface area contributed by atoms with Gasteiger partial charge in [-0.05, 0) is 74.2 Å². The predicted molar refractivity (Wildman–Crippen MR) is 225 cm³/mol. The molecular weight excluding hydrogens is 781 g/mol. The van der Waals surface area contributed by atoms with E-state index in [0.717, 1.165) is 28.7 Å². The standard InChI is InChI=1S/C47H58N4O10/c1-7-43(56)22-29-23-45(41(54)59-5,24-35-31(14-18-49(25-29)26-43)30-12-9-10-13-34(30)48-35)33-20-32-36(21-37(33)58-4)51(27-52)39-46(32)16-19-50-17-11-15-44(8-2,38(46)50)40(61-28(3)53)47(39,57)42(55)60-6/h9-13,15,20-21,27,29,38-40,48,56-57H,7-8,14,16-19,22-26H2,1-6H3/t29-,38-,39+,40+,43-,44+,45+,46+,47-/m0/s1. The Labute approximate surface area is 356 Å². The van der Waals surface area contributed by atoms with Crippen molar-refractivity contribution in [3.8, 4) is 5.75 Å². The lowest BCUT2D eigenvalue weighted by Crippen LogP contribution is -2.81. The van der Waals surface area contributed by atoms with Crippen LogP contribution in [0.2, 0.25) is 0 Å². The van der Waals surface area contributed by atoms with Crippen molar-refractivity contribution < 1.29 is 48.3 Å². The summed E-state index contributed by atoms with van der Waals surface area (Å²) in [5.74, 6) is -1.96. The number of anilines is 1. The van der Waals surface area contributed by atoms with Gasteiger partial charge in [-0.25, -0.2) is 4.79 Å². The highest BCUT2D eigenvalue weighted by atomic mass is 16.6. The summed E-state index contributed by atoms with van der Waals surface area (Å²) in [7, 11) is 4.11. The minimum absolute atomic E-state index is 0.124. The molecule has 3 N–H and O–H groups in total. The van der Waals surface area contributed by atoms with Crippen LogP contribution in [0.15, 0.2) is 48.6 Å². The summed E-state index contributed by atoms with van der Waals surface area (Å²) in [6.07, 6.45) is 6.27. The smallest absolute Gasteiger partial charge is 0.344 e. The number of aromatic amines is 1. The predicted octanol–water partition coefficient (Wildman–Crippen LogP) is 3.71. The van der Waals surface area contributed by atoms with Gasteiger partial charge < -0.3 is 39.0 Å². The number of hydrogen-bond donors (Lipinski definition) is 3. The number of methoxy groups -OCH3 is 3. The highest BCUT2D eigenvalue weighted by Gasteiger charge is 2.81. The van der Waals surface area contributed by atoms with Crippen molar-refractivity contribution in [2.75, 3.05) is 59.0 Å². The lowest BCUT2D eigenvalue weighted by molar-refractivity contribution is -0.228. The first-order valence-corrected chi connectivity index (χ1v) is 21.7. The van der Waals surface area contributed by atoms with Gasteiger partial charge in [0.05, 0.1) is 38.7 Å². The normalized spacial score (nSPS) is 36.3. The first kappa shape index (κ1) is 41.6. The van der Waals surface area contributed by atoms with E-state index in [1.54, 1.807) is 6.07 Å². The molecule has 1 saturated carbocycles. The van der Waals surface area contributed by atoms with Crippen LogP contribution in [-0.2, 0) is 57.1 Å². The molecule has 0 radical (unpaired) electrons. The number of hydrogen-bond acceptors (Lipinski definition) is 12. The zero-order valence-electron chi connectivity index (χ0n) is 36.0. The van der Waals surface area contributed by atoms with E-state index in [-0.39, 0.29) is 12.3 Å². The molecule has 6 aliphatic rings. The van der Waals surface area contributed by atoms with Crippen molar-refractivity contribution in [2.45, 2.75) is 106 Å². The van der Waals surface area contributed by atoms with Crippen LogP contribution in [0.25, 0.3) is 10.9 Å². The molecule has 3 aromatic rings. The molecule has 10 atom stereocenters. The number of aromatic nitrogens is 1. The van der Waals surface area contributed by atoms with Crippen LogP contribution in [0.3, 0.4) is 0 Å². The van der Waals surface area contributed by atoms with Gasteiger partial charge in [-0.2, -0.15) is 0 Å². The van der Waals surface area contributed by atoms with Gasteiger partial charge in [0.15, 0.2) is 6.10 Å². The van der Waals surface area contributed by atoms with E-state index in [4.69, 9.17) is 18.9 Å². The number of rotatable bonds is 8. The zero-order chi connectivity index (χ0) is 43.3. The molecule has 2 bridgehead atoms. The van der Waals surface area contributed by atoms with Gasteiger partial charge in [0, 0.05) is 84.6 Å². The lowest BCUT2D eigenvalue weighted by atomic mass is 9.47. The number of amides is 1. The van der Waals surface area contributed by atoms with E-state index in [1.807, 2.05) is 50.3 Å². The summed E-state index contributed by atoms with van der Waals surface area (Å²) >= 11 is 0. The number of nitrogens with zero attached hydrogens (tertiary/aromatic N) is 3. The van der Waals surface area contributed by atoms with Crippen molar-refractivity contribution in [2.24, 2.45) is 11.3 Å². The monoisotopic (exact) mass is 838 g/mol. The molecule has 9 rings (SSSR count). The molecule has 1 amide bonds. The average Bonchev–Trinajstić information content (AvgIpc) is 3.92. The number of piperidine rings is 1. The summed E-state index contributed by atoms with van der Waals surface area (Å²) in [6, 6.07) is 10.2. The fourth-order valence-corrected chi connectivity index (χ4v) is 13.6. The number of para-hydroxylation sites is 1. The van der Waals surface area contributed by atoms with Gasteiger partial charge in [0.1, 0.15) is 11.2 Å². The molecule has 326 valence electrons. The number of aliphatic hydroxyl groups is 2. The molecule has 1 aromatic heterocycles. The van der Waals surface area contributed by atoms with Gasteiger partial charge in [0.2, 0.25) is 12.0 Å². The quantitative estimate of drug-likeness (QED) is 0.130. The Morgan fingerprint density at radius 1 is 0.967 bits per heavy atom. The van der Waals surface area contributed by atoms with E-state index in [0.29, 0.717) is 93.7 Å². The van der Waals surface area contributed by atoms with Crippen LogP contribution in [0.4, 0.5) is 5.69 Å². The fourth-order valence-electron chi connectivity index (χ4n) is 13.6. The van der Waals surface area contributed by atoms with Crippen molar-refractivity contribution in [1.29, 1.82) is 0 Å². The Hall–Kier alpha value is -4.76. The number of carbonyl (C=O) groups is 4. The minimum Gasteiger partial charge on any atom is -0.496 e. The Bertz CT molecular complexity index is 2330. The number of ether oxygens (including phenoxy) is 4. The number of benzene rings is 2. The third kappa shape index (κ3) is 5.67. The van der Waals surface area contributed by atoms with Crippen molar-refractivity contribution in [1.82, 2.24) is 14.8 Å². The summed E-state index contributed by atoms with van der Waals surface area (Å²) in [5, 5.41) is 26.4. The maximum Gasteiger partial charge on any atom is 0.344 e. The minimum atomic E-state index is -2.52. The molecule has 14 heteroatoms. The maximum absolute atomic E-state index is 15.2. The molecule has 2 aromatic carbocycles. The second-order valence-electron chi connectivity index (χ2n) is 18.6. The van der Waals surface area contributed by atoms with Crippen LogP contribution < -0.4 is 9.64 Å². The first-order chi connectivity index (χ1) is 29.2. The number of nitrogens with one attached hydrogen (secondary N) is 1. The Balaban J connectivity index is 1.34. The van der Waals surface area contributed by atoms with Gasteiger partial charge in [-0.3, -0.25) is 24.2 Å². The van der Waals surface area contributed by atoms with E-state index >= 15 is 4.79 Å². The molecule has 1 unspecified atom stereocenters. The number of carbonyl (C=O) groups excluding carboxylic acids is 4. The molecule has 3 fully saturated rings. The van der Waals surface area contributed by atoms with Crippen LogP contribution in [0, 0.1) is 11.3 Å². The molecule has 14 nitrogen and oxygen atoms in total. The number of H-pyrrole nitrogens is 1. The summed E-state index contributed by atoms with van der Waals surface area (Å²) in [5.41, 5.74) is -2.48. The van der Waals surface area contributed by atoms with E-state index in [2.05, 4.69) is 20.9 Å². The van der Waals surface area contributed by atoms with E-state index in [1.165, 1.54) is 33.2 Å².